The first-order chi connectivity index (χ1) is 14.1. The van der Waals surface area contributed by atoms with Crippen LogP contribution < -0.4 is 5.32 Å². The molecule has 2 aliphatic rings. The molecule has 168 valence electrons. The van der Waals surface area contributed by atoms with Crippen LogP contribution in [-0.2, 0) is 10.0 Å². The molecule has 6 nitrogen and oxygen atoms in total. The molecule has 1 aromatic carbocycles. The summed E-state index contributed by atoms with van der Waals surface area (Å²) in [6.45, 7) is 3.38. The minimum absolute atomic E-state index is 0.0399. The third-order valence-electron chi connectivity index (χ3n) is 6.28. The van der Waals surface area contributed by atoms with E-state index in [-0.39, 0.29) is 43.9 Å². The van der Waals surface area contributed by atoms with E-state index in [1.54, 1.807) is 31.2 Å². The quantitative estimate of drug-likeness (QED) is 0.704. The average Bonchev–Trinajstić information content (AvgIpc) is 2.73. The zero-order valence-corrected chi connectivity index (χ0v) is 18.6. The maximum absolute atomic E-state index is 13.9. The van der Waals surface area contributed by atoms with Crippen molar-refractivity contribution in [2.45, 2.75) is 44.1 Å². The predicted molar refractivity (Wildman–Crippen MR) is 113 cm³/mol. The summed E-state index contributed by atoms with van der Waals surface area (Å²) in [7, 11) is -3.28. The Morgan fingerprint density at radius 3 is 2.27 bits per heavy atom. The fourth-order valence-electron chi connectivity index (χ4n) is 4.29. The van der Waals surface area contributed by atoms with E-state index in [2.05, 4.69) is 10.2 Å². The number of hydrogen-bond donors (Lipinski definition) is 1. The second-order valence-electron chi connectivity index (χ2n) is 8.03. The summed E-state index contributed by atoms with van der Waals surface area (Å²) in [6.07, 6.45) is -0.0163. The van der Waals surface area contributed by atoms with Crippen LogP contribution in [-0.4, -0.2) is 73.5 Å². The van der Waals surface area contributed by atoms with Gasteiger partial charge in [0.25, 0.3) is 5.91 Å². The monoisotopic (exact) mass is 463 g/mol. The van der Waals surface area contributed by atoms with Gasteiger partial charge >= 0.3 is 0 Å². The lowest BCUT2D eigenvalue weighted by Gasteiger charge is -2.50. The molecule has 1 saturated heterocycles. The summed E-state index contributed by atoms with van der Waals surface area (Å²) in [5.74, 6) is -3.01. The zero-order chi connectivity index (χ0) is 22.0. The topological polar surface area (TPSA) is 69.7 Å². The van der Waals surface area contributed by atoms with E-state index in [1.807, 2.05) is 0 Å². The van der Waals surface area contributed by atoms with Crippen molar-refractivity contribution in [1.82, 2.24) is 14.5 Å². The van der Waals surface area contributed by atoms with Crippen LogP contribution in [0, 0.1) is 0 Å². The number of alkyl halides is 2. The average molecular weight is 464 g/mol. The van der Waals surface area contributed by atoms with Crippen LogP contribution in [0.3, 0.4) is 0 Å². The molecule has 0 spiro atoms. The summed E-state index contributed by atoms with van der Waals surface area (Å²) in [5, 5.41) is 3.22. The second-order valence-corrected chi connectivity index (χ2v) is 10.7. The molecule has 1 N–H and O–H groups in total. The molecule has 1 aliphatic heterocycles. The van der Waals surface area contributed by atoms with Crippen LogP contribution in [0.15, 0.2) is 24.3 Å². The smallest absolute Gasteiger partial charge is 0.252 e. The van der Waals surface area contributed by atoms with Crippen molar-refractivity contribution in [3.05, 3.63) is 34.9 Å². The fraction of sp³-hybridized carbons (Fsp3) is 0.650. The highest BCUT2D eigenvalue weighted by Crippen LogP contribution is 2.41. The lowest BCUT2D eigenvalue weighted by atomic mass is 9.78. The Kier molecular flexibility index (Phi) is 7.06. The Balaban J connectivity index is 1.73. The molecule has 0 bridgehead atoms. The van der Waals surface area contributed by atoms with Crippen LogP contribution in [0.2, 0.25) is 5.02 Å². The van der Waals surface area contributed by atoms with Crippen molar-refractivity contribution < 1.29 is 22.0 Å². The van der Waals surface area contributed by atoms with E-state index in [1.165, 1.54) is 4.31 Å². The molecule has 0 radical (unpaired) electrons. The first-order valence-electron chi connectivity index (χ1n) is 10.2. The summed E-state index contributed by atoms with van der Waals surface area (Å²) in [6, 6.07) is 6.69. The van der Waals surface area contributed by atoms with Crippen molar-refractivity contribution in [3.63, 3.8) is 0 Å². The minimum Gasteiger partial charge on any atom is -0.350 e. The summed E-state index contributed by atoms with van der Waals surface area (Å²) in [5.41, 5.74) is -0.282. The number of rotatable bonds is 6. The number of piperazine rings is 1. The maximum atomic E-state index is 13.9. The largest absolute Gasteiger partial charge is 0.350 e. The van der Waals surface area contributed by atoms with Crippen LogP contribution in [0.5, 0.6) is 0 Å². The standard InChI is InChI=1S/C20H28ClF2N3O3S/c1-2-30(28,29)26-13-11-25(12-14-26)19(7-9-20(22,23)10-8-19)15-24-18(27)16-5-3-4-6-17(16)21/h3-6H,2,7-15H2,1H3,(H,24,27). The maximum Gasteiger partial charge on any atom is 0.252 e. The van der Waals surface area contributed by atoms with Crippen LogP contribution in [0.4, 0.5) is 8.78 Å². The number of hydrogen-bond acceptors (Lipinski definition) is 4. The van der Waals surface area contributed by atoms with Crippen LogP contribution in [0.25, 0.3) is 0 Å². The van der Waals surface area contributed by atoms with Gasteiger partial charge in [-0.1, -0.05) is 23.7 Å². The number of amides is 1. The van der Waals surface area contributed by atoms with Crippen molar-refractivity contribution in [3.8, 4) is 0 Å². The molecule has 10 heteroatoms. The number of carbonyl (C=O) groups excluding carboxylic acids is 1. The first kappa shape index (κ1) is 23.4. The lowest BCUT2D eigenvalue weighted by Crippen LogP contribution is -2.63. The summed E-state index contributed by atoms with van der Waals surface area (Å²) >= 11 is 6.10. The Morgan fingerprint density at radius 1 is 1.10 bits per heavy atom. The third-order valence-corrected chi connectivity index (χ3v) is 8.49. The van der Waals surface area contributed by atoms with Crippen LogP contribution in [0.1, 0.15) is 43.0 Å². The van der Waals surface area contributed by atoms with Gasteiger partial charge in [-0.2, -0.15) is 4.31 Å². The van der Waals surface area contributed by atoms with E-state index >= 15 is 0 Å². The molecule has 2 fully saturated rings. The van der Waals surface area contributed by atoms with Gasteiger partial charge in [0.05, 0.1) is 16.3 Å². The summed E-state index contributed by atoms with van der Waals surface area (Å²) < 4.78 is 53.5. The lowest BCUT2D eigenvalue weighted by molar-refractivity contribution is -0.0856. The molecular formula is C20H28ClF2N3O3S. The highest BCUT2D eigenvalue weighted by Gasteiger charge is 2.47. The number of sulfonamides is 1. The number of nitrogens with zero attached hydrogens (tertiary/aromatic N) is 2. The molecule has 1 heterocycles. The van der Waals surface area contributed by atoms with E-state index < -0.39 is 21.5 Å². The Morgan fingerprint density at radius 2 is 1.70 bits per heavy atom. The van der Waals surface area contributed by atoms with E-state index in [9.17, 15) is 22.0 Å². The molecule has 1 saturated carbocycles. The highest BCUT2D eigenvalue weighted by molar-refractivity contribution is 7.89. The first-order valence-corrected chi connectivity index (χ1v) is 12.2. The minimum atomic E-state index is -3.28. The molecule has 1 aromatic rings. The highest BCUT2D eigenvalue weighted by atomic mass is 35.5. The van der Waals surface area contributed by atoms with Crippen molar-refractivity contribution in [1.29, 1.82) is 0 Å². The third kappa shape index (κ3) is 5.12. The molecule has 1 amide bonds. The van der Waals surface area contributed by atoms with Crippen molar-refractivity contribution in [2.24, 2.45) is 0 Å². The van der Waals surface area contributed by atoms with Gasteiger partial charge < -0.3 is 5.32 Å². The molecule has 3 rings (SSSR count). The van der Waals surface area contributed by atoms with Gasteiger partial charge in [0.1, 0.15) is 0 Å². The number of carbonyl (C=O) groups is 1. The molecule has 30 heavy (non-hydrogen) atoms. The zero-order valence-electron chi connectivity index (χ0n) is 17.0. The van der Waals surface area contributed by atoms with Gasteiger partial charge in [-0.05, 0) is 31.9 Å². The van der Waals surface area contributed by atoms with Gasteiger partial charge in [-0.25, -0.2) is 17.2 Å². The number of halogens is 3. The molecule has 0 unspecified atom stereocenters. The van der Waals surface area contributed by atoms with E-state index in [0.29, 0.717) is 36.8 Å². The van der Waals surface area contributed by atoms with E-state index in [4.69, 9.17) is 11.6 Å². The van der Waals surface area contributed by atoms with Crippen LogP contribution >= 0.6 is 11.6 Å². The number of nitrogens with one attached hydrogen (secondary N) is 1. The molecule has 0 aromatic heterocycles. The van der Waals surface area contributed by atoms with Gasteiger partial charge in [0.2, 0.25) is 15.9 Å². The second kappa shape index (κ2) is 9.06. The van der Waals surface area contributed by atoms with Crippen molar-refractivity contribution in [2.75, 3.05) is 38.5 Å². The molecule has 0 atom stereocenters. The normalized spacial score (nSPS) is 22.5. The Bertz CT molecular complexity index is 864. The SMILES string of the molecule is CCS(=O)(=O)N1CCN(C2(CNC(=O)c3ccccc3Cl)CCC(F)(F)CC2)CC1. The predicted octanol–water partition coefficient (Wildman–Crippen LogP) is 2.99. The Hall–Kier alpha value is -1.29. The fourth-order valence-corrected chi connectivity index (χ4v) is 5.60. The molecule has 1 aliphatic carbocycles. The van der Waals surface area contributed by atoms with Gasteiger partial charge in [-0.15, -0.1) is 0 Å². The van der Waals surface area contributed by atoms with Gasteiger partial charge in [0, 0.05) is 51.1 Å². The van der Waals surface area contributed by atoms with Crippen molar-refractivity contribution >= 4 is 27.5 Å². The summed E-state index contributed by atoms with van der Waals surface area (Å²) in [4.78, 5) is 14.7. The Labute approximate surface area is 181 Å². The number of benzene rings is 1. The van der Waals surface area contributed by atoms with Gasteiger partial charge in [0.15, 0.2) is 0 Å². The molecular weight excluding hydrogens is 436 g/mol. The van der Waals surface area contributed by atoms with E-state index in [0.717, 1.165) is 0 Å². The van der Waals surface area contributed by atoms with Gasteiger partial charge in [-0.3, -0.25) is 9.69 Å².